The van der Waals surface area contributed by atoms with Gasteiger partial charge in [-0.25, -0.2) is 9.13 Å². The standard InChI is InChI=1S/C83H162O17P2/c1-9-76(8)62-54-46-41-42-50-58-66-83(88)100-79(70-93-80(85)63-55-47-38-32-28-24-20-16-12-10-14-18-22-26-30-35-43-51-59-73(2)3)72-98-102(91,92)96-68-77(84)67-95-101(89,90)97-71-78(69-94-81(86)64-56-48-40-34-37-45-53-61-75(6)7)99-82(87)65-57-49-39-33-29-25-21-17-13-11-15-19-23-27-31-36-44-52-60-74(4)5/h73-79,84H,9-72H2,1-8H3,(H,89,90)(H,91,92)/t76?,77?,78-,79-/m1/s1. The SMILES string of the molecule is CCC(C)CCCCCCCCC(=O)O[C@H](COC(=O)CCCCCCCCCCCCCCCCCCCCC(C)C)COP(=O)(O)OCC(O)COP(=O)(O)OC[C@@H](COC(=O)CCCCCCCCCC(C)C)OC(=O)CCCCCCCCCCCCCCCCCCCCC(C)C. The molecule has 0 amide bonds. The van der Waals surface area contributed by atoms with Crippen molar-refractivity contribution in [3.05, 3.63) is 0 Å². The average molecular weight is 1490 g/mol. The summed E-state index contributed by atoms with van der Waals surface area (Å²) in [5, 5.41) is 10.6. The van der Waals surface area contributed by atoms with E-state index in [-0.39, 0.29) is 25.7 Å². The van der Waals surface area contributed by atoms with Gasteiger partial charge in [0.15, 0.2) is 12.2 Å². The van der Waals surface area contributed by atoms with E-state index in [1.807, 2.05) is 0 Å². The number of ether oxygens (including phenoxy) is 4. The van der Waals surface area contributed by atoms with Gasteiger partial charge < -0.3 is 33.8 Å². The number of aliphatic hydroxyl groups is 1. The van der Waals surface area contributed by atoms with Gasteiger partial charge in [-0.1, -0.05) is 376 Å². The largest absolute Gasteiger partial charge is 0.472 e. The van der Waals surface area contributed by atoms with Crippen LogP contribution in [0.3, 0.4) is 0 Å². The van der Waals surface area contributed by atoms with Crippen LogP contribution >= 0.6 is 15.6 Å². The molecule has 17 nitrogen and oxygen atoms in total. The van der Waals surface area contributed by atoms with Crippen LogP contribution in [-0.2, 0) is 65.4 Å². The van der Waals surface area contributed by atoms with Crippen LogP contribution in [0.5, 0.6) is 0 Å². The van der Waals surface area contributed by atoms with E-state index >= 15 is 0 Å². The minimum atomic E-state index is -4.96. The van der Waals surface area contributed by atoms with Crippen molar-refractivity contribution < 1.29 is 80.2 Å². The number of esters is 4. The van der Waals surface area contributed by atoms with Gasteiger partial charge in [0.05, 0.1) is 26.4 Å². The molecule has 3 N–H and O–H groups in total. The second-order valence-electron chi connectivity index (χ2n) is 31.5. The predicted octanol–water partition coefficient (Wildman–Crippen LogP) is 24.8. The zero-order chi connectivity index (χ0) is 75.3. The Morgan fingerprint density at radius 1 is 0.275 bits per heavy atom. The Hall–Kier alpha value is -1.94. The Morgan fingerprint density at radius 2 is 0.471 bits per heavy atom. The van der Waals surface area contributed by atoms with E-state index in [9.17, 15) is 43.2 Å². The third-order valence-electron chi connectivity index (χ3n) is 19.7. The lowest BCUT2D eigenvalue weighted by molar-refractivity contribution is -0.161. The van der Waals surface area contributed by atoms with Gasteiger partial charge in [-0.05, 0) is 49.4 Å². The van der Waals surface area contributed by atoms with Crippen LogP contribution in [0.25, 0.3) is 0 Å². The number of carbonyl (C=O) groups excluding carboxylic acids is 4. The zero-order valence-electron chi connectivity index (χ0n) is 67.2. The van der Waals surface area contributed by atoms with Gasteiger partial charge in [-0.15, -0.1) is 0 Å². The Labute approximate surface area is 626 Å². The fraction of sp³-hybridized carbons (Fsp3) is 0.952. The molecule has 606 valence electrons. The number of rotatable bonds is 80. The first-order valence-corrected chi connectivity index (χ1v) is 45.7. The van der Waals surface area contributed by atoms with E-state index in [1.165, 1.54) is 225 Å². The topological polar surface area (TPSA) is 237 Å². The highest BCUT2D eigenvalue weighted by Gasteiger charge is 2.30. The molecule has 0 spiro atoms. The minimum Gasteiger partial charge on any atom is -0.462 e. The van der Waals surface area contributed by atoms with Crippen molar-refractivity contribution in [2.45, 2.75) is 446 Å². The van der Waals surface area contributed by atoms with Gasteiger partial charge in [0, 0.05) is 25.7 Å². The molecule has 0 aliphatic carbocycles. The number of hydrogen-bond donors (Lipinski definition) is 3. The van der Waals surface area contributed by atoms with Crippen LogP contribution < -0.4 is 0 Å². The van der Waals surface area contributed by atoms with Gasteiger partial charge in [-0.3, -0.25) is 37.3 Å². The molecular formula is C83H162O17P2. The van der Waals surface area contributed by atoms with E-state index in [2.05, 4.69) is 55.4 Å². The number of carbonyl (C=O) groups is 4. The molecule has 0 rings (SSSR count). The summed E-state index contributed by atoms with van der Waals surface area (Å²) in [5.74, 6) is 0.951. The van der Waals surface area contributed by atoms with Gasteiger partial charge >= 0.3 is 39.5 Å². The van der Waals surface area contributed by atoms with Crippen LogP contribution in [0, 0.1) is 23.7 Å². The first kappa shape index (κ1) is 100. The molecule has 0 aromatic rings. The maximum absolute atomic E-state index is 13.1. The van der Waals surface area contributed by atoms with E-state index in [1.54, 1.807) is 0 Å². The second kappa shape index (κ2) is 72.0. The minimum absolute atomic E-state index is 0.103. The molecular weight excluding hydrogens is 1330 g/mol. The summed E-state index contributed by atoms with van der Waals surface area (Å²) in [6.45, 7) is 14.2. The van der Waals surface area contributed by atoms with Gasteiger partial charge in [0.1, 0.15) is 19.3 Å². The van der Waals surface area contributed by atoms with Crippen molar-refractivity contribution in [3.63, 3.8) is 0 Å². The van der Waals surface area contributed by atoms with Crippen LogP contribution in [0.15, 0.2) is 0 Å². The molecule has 0 radical (unpaired) electrons. The maximum Gasteiger partial charge on any atom is 0.472 e. The van der Waals surface area contributed by atoms with Gasteiger partial charge in [0.25, 0.3) is 0 Å². The lowest BCUT2D eigenvalue weighted by Crippen LogP contribution is -2.30. The molecule has 0 saturated heterocycles. The van der Waals surface area contributed by atoms with Gasteiger partial charge in [-0.2, -0.15) is 0 Å². The highest BCUT2D eigenvalue weighted by atomic mass is 31.2. The number of phosphoric ester groups is 2. The molecule has 6 atom stereocenters. The second-order valence-corrected chi connectivity index (χ2v) is 34.4. The molecule has 0 fully saturated rings. The van der Waals surface area contributed by atoms with Crippen molar-refractivity contribution in [2.75, 3.05) is 39.6 Å². The molecule has 0 aliphatic heterocycles. The van der Waals surface area contributed by atoms with Crippen molar-refractivity contribution >= 4 is 39.5 Å². The molecule has 19 heteroatoms. The molecule has 102 heavy (non-hydrogen) atoms. The summed E-state index contributed by atoms with van der Waals surface area (Å²) in [6.07, 6.45) is 60.1. The smallest absolute Gasteiger partial charge is 0.462 e. The Morgan fingerprint density at radius 3 is 0.696 bits per heavy atom. The quantitative estimate of drug-likeness (QED) is 0.0222. The lowest BCUT2D eigenvalue weighted by Gasteiger charge is -2.21. The lowest BCUT2D eigenvalue weighted by atomic mass is 10.00. The number of hydrogen-bond acceptors (Lipinski definition) is 15. The van der Waals surface area contributed by atoms with Crippen molar-refractivity contribution in [3.8, 4) is 0 Å². The highest BCUT2D eigenvalue weighted by molar-refractivity contribution is 7.47. The number of phosphoric acid groups is 2. The van der Waals surface area contributed by atoms with E-state index < -0.39 is 97.5 Å². The van der Waals surface area contributed by atoms with E-state index in [0.717, 1.165) is 114 Å². The third-order valence-corrected chi connectivity index (χ3v) is 21.6. The van der Waals surface area contributed by atoms with Crippen LogP contribution in [-0.4, -0.2) is 96.7 Å². The van der Waals surface area contributed by atoms with E-state index in [4.69, 9.17) is 37.0 Å². The normalized spacial score (nSPS) is 14.3. The van der Waals surface area contributed by atoms with Gasteiger partial charge in [0.2, 0.25) is 0 Å². The van der Waals surface area contributed by atoms with Crippen LogP contribution in [0.2, 0.25) is 0 Å². The molecule has 0 aliphatic rings. The molecule has 0 aromatic heterocycles. The van der Waals surface area contributed by atoms with Crippen LogP contribution in [0.1, 0.15) is 428 Å². The van der Waals surface area contributed by atoms with Crippen molar-refractivity contribution in [2.24, 2.45) is 23.7 Å². The summed E-state index contributed by atoms with van der Waals surface area (Å²) in [4.78, 5) is 73.0. The van der Waals surface area contributed by atoms with Crippen molar-refractivity contribution in [1.82, 2.24) is 0 Å². The summed E-state index contributed by atoms with van der Waals surface area (Å²) in [6, 6.07) is 0. The third kappa shape index (κ3) is 74.9. The monoisotopic (exact) mass is 1490 g/mol. The first-order chi connectivity index (χ1) is 49.1. The molecule has 0 saturated carbocycles. The maximum atomic E-state index is 13.1. The molecule has 0 aromatic carbocycles. The first-order valence-electron chi connectivity index (χ1n) is 42.7. The number of unbranched alkanes of at least 4 members (excludes halogenated alkanes) is 45. The summed E-state index contributed by atoms with van der Waals surface area (Å²) < 4.78 is 68.7. The predicted molar refractivity (Wildman–Crippen MR) is 418 cm³/mol. The fourth-order valence-electron chi connectivity index (χ4n) is 12.8. The van der Waals surface area contributed by atoms with Crippen LogP contribution in [0.4, 0.5) is 0 Å². The highest BCUT2D eigenvalue weighted by Crippen LogP contribution is 2.45. The summed E-state index contributed by atoms with van der Waals surface area (Å²) in [7, 11) is -9.92. The Kier molecular flexibility index (Phi) is 70.6. The van der Waals surface area contributed by atoms with E-state index in [0.29, 0.717) is 31.6 Å². The van der Waals surface area contributed by atoms with Crippen molar-refractivity contribution in [1.29, 1.82) is 0 Å². The fourth-order valence-corrected chi connectivity index (χ4v) is 14.3. The Bertz CT molecular complexity index is 1990. The zero-order valence-corrected chi connectivity index (χ0v) is 69.0. The average Bonchev–Trinajstić information content (AvgIpc) is 0.911. The molecule has 0 bridgehead atoms. The molecule has 0 heterocycles. The molecule has 4 unspecified atom stereocenters. The summed E-state index contributed by atoms with van der Waals surface area (Å²) in [5.41, 5.74) is 0. The Balaban J connectivity index is 5.11. The summed E-state index contributed by atoms with van der Waals surface area (Å²) >= 11 is 0. The number of aliphatic hydroxyl groups excluding tert-OH is 1.